The number of nitrogens with zero attached hydrogens (tertiary/aromatic N) is 3. The predicted octanol–water partition coefficient (Wildman–Crippen LogP) is 1.35. The van der Waals surface area contributed by atoms with Crippen LogP contribution in [0.1, 0.15) is 15.9 Å². The van der Waals surface area contributed by atoms with Crippen LogP contribution in [0.5, 0.6) is 0 Å². The number of nitrogens with two attached hydrogens (primary N) is 1. The molecule has 0 fully saturated rings. The number of hydrogen-bond donors (Lipinski definition) is 2. The van der Waals surface area contributed by atoms with Crippen LogP contribution in [-0.2, 0) is 6.54 Å². The summed E-state index contributed by atoms with van der Waals surface area (Å²) in [5.41, 5.74) is 5.11. The number of anilines is 2. The lowest BCUT2D eigenvalue weighted by molar-refractivity contribution is -0.384. The summed E-state index contributed by atoms with van der Waals surface area (Å²) in [5.74, 6) is -0.776. The van der Waals surface area contributed by atoms with E-state index < -0.39 is 22.1 Å². The molecule has 0 aliphatic heterocycles. The molecule has 3 rings (SSSR count). The quantitative estimate of drug-likeness (QED) is 0.493. The Kier molecular flexibility index (Phi) is 5.26. The van der Waals surface area contributed by atoms with Gasteiger partial charge in [0, 0.05) is 24.7 Å². The Morgan fingerprint density at radius 2 is 1.76 bits per heavy atom. The zero-order chi connectivity index (χ0) is 21.1. The molecule has 10 heteroatoms. The van der Waals surface area contributed by atoms with Crippen LogP contribution >= 0.6 is 0 Å². The first-order chi connectivity index (χ1) is 13.8. The predicted molar refractivity (Wildman–Crippen MR) is 107 cm³/mol. The minimum Gasteiger partial charge on any atom is -0.383 e. The molecular weight excluding hydrogens is 378 g/mol. The maximum atomic E-state index is 12.7. The molecule has 1 heterocycles. The van der Waals surface area contributed by atoms with Crippen molar-refractivity contribution in [1.82, 2.24) is 9.55 Å². The van der Waals surface area contributed by atoms with Crippen LogP contribution in [0.25, 0.3) is 0 Å². The van der Waals surface area contributed by atoms with Gasteiger partial charge in [0.2, 0.25) is 0 Å². The Balaban J connectivity index is 2.00. The summed E-state index contributed by atoms with van der Waals surface area (Å²) in [6.45, 7) is 0.106. The first-order valence-electron chi connectivity index (χ1n) is 8.48. The number of aromatic amines is 1. The maximum absolute atomic E-state index is 12.7. The van der Waals surface area contributed by atoms with E-state index in [1.807, 2.05) is 6.07 Å². The number of benzene rings is 2. The Morgan fingerprint density at radius 1 is 1.14 bits per heavy atom. The Labute approximate surface area is 164 Å². The highest BCUT2D eigenvalue weighted by molar-refractivity contribution is 6.06. The standard InChI is InChI=1S/C19H17N5O5/c1-22(18(26)13-7-9-14(10-8-13)24(28)29)15-16(20)23(19(27)21-17(15)25)11-12-5-3-2-4-6-12/h2-10H,11,20H2,1H3,(H,21,25,27). The van der Waals surface area contributed by atoms with Crippen LogP contribution in [-0.4, -0.2) is 27.4 Å². The third-order valence-electron chi connectivity index (χ3n) is 4.36. The van der Waals surface area contributed by atoms with Crippen molar-refractivity contribution in [1.29, 1.82) is 0 Å². The number of nitrogens with one attached hydrogen (secondary N) is 1. The molecule has 2 aromatic carbocycles. The van der Waals surface area contributed by atoms with Gasteiger partial charge < -0.3 is 10.6 Å². The molecule has 0 radical (unpaired) electrons. The van der Waals surface area contributed by atoms with Crippen molar-refractivity contribution >= 4 is 23.1 Å². The molecule has 29 heavy (non-hydrogen) atoms. The van der Waals surface area contributed by atoms with E-state index in [1.165, 1.54) is 31.3 Å². The number of carbonyl (C=O) groups is 1. The number of H-pyrrole nitrogens is 1. The van der Waals surface area contributed by atoms with Crippen LogP contribution in [0.3, 0.4) is 0 Å². The molecule has 3 N–H and O–H groups in total. The van der Waals surface area contributed by atoms with Gasteiger partial charge in [-0.05, 0) is 17.7 Å². The first-order valence-corrected chi connectivity index (χ1v) is 8.48. The normalized spacial score (nSPS) is 10.5. The molecule has 0 atom stereocenters. The summed E-state index contributed by atoms with van der Waals surface area (Å²) in [5, 5.41) is 10.8. The van der Waals surface area contributed by atoms with Gasteiger partial charge in [-0.3, -0.25) is 29.3 Å². The van der Waals surface area contributed by atoms with Gasteiger partial charge in [0.25, 0.3) is 17.2 Å². The number of nitrogen functional groups attached to an aromatic ring is 1. The molecular formula is C19H17N5O5. The van der Waals surface area contributed by atoms with Crippen LogP contribution < -0.4 is 21.9 Å². The number of amides is 1. The molecule has 0 aliphatic rings. The number of non-ortho nitro benzene ring substituents is 1. The van der Waals surface area contributed by atoms with Crippen LogP contribution in [0.15, 0.2) is 64.2 Å². The number of nitro benzene ring substituents is 1. The number of nitro groups is 1. The second-order valence-electron chi connectivity index (χ2n) is 6.23. The fourth-order valence-electron chi connectivity index (χ4n) is 2.85. The largest absolute Gasteiger partial charge is 0.383 e. The van der Waals surface area contributed by atoms with Gasteiger partial charge in [0.1, 0.15) is 5.82 Å². The van der Waals surface area contributed by atoms with E-state index in [9.17, 15) is 24.5 Å². The molecule has 10 nitrogen and oxygen atoms in total. The van der Waals surface area contributed by atoms with Crippen molar-refractivity contribution in [2.24, 2.45) is 0 Å². The van der Waals surface area contributed by atoms with Crippen molar-refractivity contribution in [3.8, 4) is 0 Å². The fraction of sp³-hybridized carbons (Fsp3) is 0.105. The summed E-state index contributed by atoms with van der Waals surface area (Å²) in [6.07, 6.45) is 0. The van der Waals surface area contributed by atoms with Crippen LogP contribution in [0.4, 0.5) is 17.2 Å². The van der Waals surface area contributed by atoms with Crippen molar-refractivity contribution in [3.63, 3.8) is 0 Å². The van der Waals surface area contributed by atoms with Crippen molar-refractivity contribution in [3.05, 3.63) is 96.7 Å². The van der Waals surface area contributed by atoms with E-state index in [4.69, 9.17) is 5.73 Å². The van der Waals surface area contributed by atoms with Crippen LogP contribution in [0.2, 0.25) is 0 Å². The third kappa shape index (κ3) is 3.90. The molecule has 0 saturated carbocycles. The van der Waals surface area contributed by atoms with Gasteiger partial charge in [0.15, 0.2) is 5.69 Å². The van der Waals surface area contributed by atoms with Gasteiger partial charge in [0.05, 0.1) is 11.5 Å². The lowest BCUT2D eigenvalue weighted by Crippen LogP contribution is -2.39. The number of aromatic nitrogens is 2. The van der Waals surface area contributed by atoms with Gasteiger partial charge in [-0.15, -0.1) is 0 Å². The van der Waals surface area contributed by atoms with Crippen molar-refractivity contribution < 1.29 is 9.72 Å². The highest BCUT2D eigenvalue weighted by Gasteiger charge is 2.22. The zero-order valence-corrected chi connectivity index (χ0v) is 15.4. The van der Waals surface area contributed by atoms with E-state index in [1.54, 1.807) is 24.3 Å². The molecule has 0 bridgehead atoms. The molecule has 0 unspecified atom stereocenters. The Morgan fingerprint density at radius 3 is 2.34 bits per heavy atom. The second kappa shape index (κ2) is 7.80. The zero-order valence-electron chi connectivity index (χ0n) is 15.4. The fourth-order valence-corrected chi connectivity index (χ4v) is 2.85. The van der Waals surface area contributed by atoms with E-state index in [0.29, 0.717) is 0 Å². The smallest absolute Gasteiger partial charge is 0.330 e. The monoisotopic (exact) mass is 395 g/mol. The van der Waals surface area contributed by atoms with E-state index in [2.05, 4.69) is 4.98 Å². The van der Waals surface area contributed by atoms with Crippen molar-refractivity contribution in [2.45, 2.75) is 6.54 Å². The maximum Gasteiger partial charge on any atom is 0.330 e. The average molecular weight is 395 g/mol. The molecule has 0 saturated heterocycles. The number of rotatable bonds is 5. The number of carbonyl (C=O) groups excluding carboxylic acids is 1. The second-order valence-corrected chi connectivity index (χ2v) is 6.23. The minimum atomic E-state index is -0.811. The van der Waals surface area contributed by atoms with Gasteiger partial charge >= 0.3 is 5.69 Å². The van der Waals surface area contributed by atoms with E-state index in [-0.39, 0.29) is 29.3 Å². The minimum absolute atomic E-state index is 0.106. The van der Waals surface area contributed by atoms with Gasteiger partial charge in [-0.2, -0.15) is 0 Å². The average Bonchev–Trinajstić information content (AvgIpc) is 2.71. The van der Waals surface area contributed by atoms with Crippen LogP contribution in [0, 0.1) is 10.1 Å². The van der Waals surface area contributed by atoms with Gasteiger partial charge in [-0.1, -0.05) is 30.3 Å². The third-order valence-corrected chi connectivity index (χ3v) is 4.36. The highest BCUT2D eigenvalue weighted by Crippen LogP contribution is 2.20. The summed E-state index contributed by atoms with van der Waals surface area (Å²) in [7, 11) is 1.34. The Hall–Kier alpha value is -4.21. The lowest BCUT2D eigenvalue weighted by atomic mass is 10.2. The summed E-state index contributed by atoms with van der Waals surface area (Å²) >= 11 is 0. The number of hydrogen-bond acceptors (Lipinski definition) is 6. The highest BCUT2D eigenvalue weighted by atomic mass is 16.6. The molecule has 148 valence electrons. The lowest BCUT2D eigenvalue weighted by Gasteiger charge is -2.20. The van der Waals surface area contributed by atoms with E-state index >= 15 is 0 Å². The molecule has 0 spiro atoms. The molecule has 1 aromatic heterocycles. The summed E-state index contributed by atoms with van der Waals surface area (Å²) < 4.78 is 1.16. The summed E-state index contributed by atoms with van der Waals surface area (Å²) in [6, 6.07) is 13.9. The first kappa shape index (κ1) is 19.5. The topological polar surface area (TPSA) is 144 Å². The van der Waals surface area contributed by atoms with Gasteiger partial charge in [-0.25, -0.2) is 4.79 Å². The summed E-state index contributed by atoms with van der Waals surface area (Å²) in [4.78, 5) is 50.7. The van der Waals surface area contributed by atoms with E-state index in [0.717, 1.165) is 15.0 Å². The molecule has 3 aromatic rings. The SMILES string of the molecule is CN(C(=O)c1ccc([N+](=O)[O-])cc1)c1c(N)n(Cc2ccccc2)c(=O)[nH]c1=O. The molecule has 0 aliphatic carbocycles. The van der Waals surface area contributed by atoms with Crippen molar-refractivity contribution in [2.75, 3.05) is 17.7 Å². The molecule has 1 amide bonds. The Bertz CT molecular complexity index is 1180.